The van der Waals surface area contributed by atoms with E-state index in [2.05, 4.69) is 35.9 Å². The summed E-state index contributed by atoms with van der Waals surface area (Å²) in [5.41, 5.74) is 4.19. The molecule has 4 aromatic rings. The molecule has 0 saturated carbocycles. The summed E-state index contributed by atoms with van der Waals surface area (Å²) >= 11 is 0. The highest BCUT2D eigenvalue weighted by Crippen LogP contribution is 2.28. The Morgan fingerprint density at radius 3 is 2.45 bits per heavy atom. The Balaban J connectivity index is 0.00000144. The molecular formula is C18H15ClN2O. The molecule has 2 aromatic carbocycles. The van der Waals surface area contributed by atoms with Crippen LogP contribution in [0.25, 0.3) is 32.8 Å². The van der Waals surface area contributed by atoms with E-state index in [-0.39, 0.29) is 18.3 Å². The van der Waals surface area contributed by atoms with Gasteiger partial charge in [0.1, 0.15) is 12.6 Å². The molecule has 0 aliphatic carbocycles. The Morgan fingerprint density at radius 2 is 1.68 bits per heavy atom. The molecule has 0 aliphatic heterocycles. The zero-order valence-electron chi connectivity index (χ0n) is 12.4. The average molecular weight is 311 g/mol. The zero-order valence-corrected chi connectivity index (χ0v) is 13.1. The molecule has 0 N–H and O–H groups in total. The van der Waals surface area contributed by atoms with Crippen molar-refractivity contribution in [2.45, 2.75) is 6.92 Å². The fourth-order valence-electron chi connectivity index (χ4n) is 3.25. The third-order valence-electron chi connectivity index (χ3n) is 4.12. The maximum Gasteiger partial charge on any atom is 0.239 e. The van der Waals surface area contributed by atoms with Crippen LogP contribution in [0.2, 0.25) is 0 Å². The normalized spacial score (nSPS) is 11.0. The SMILES string of the molecule is CC(=O)n1c2ccccc2c2c1cc1ccccc1[n+]2C.[Cl-]. The van der Waals surface area contributed by atoms with Crippen LogP contribution in [0.3, 0.4) is 0 Å². The molecule has 22 heavy (non-hydrogen) atoms. The van der Waals surface area contributed by atoms with Crippen molar-refractivity contribution in [2.75, 3.05) is 0 Å². The number of fused-ring (bicyclic) bond motifs is 4. The fourth-order valence-corrected chi connectivity index (χ4v) is 3.25. The summed E-state index contributed by atoms with van der Waals surface area (Å²) in [7, 11) is 2.06. The highest BCUT2D eigenvalue weighted by molar-refractivity contribution is 6.11. The first-order valence-corrected chi connectivity index (χ1v) is 7.00. The quantitative estimate of drug-likeness (QED) is 0.433. The first-order chi connectivity index (χ1) is 10.2. The van der Waals surface area contributed by atoms with Crippen molar-refractivity contribution in [3.63, 3.8) is 0 Å². The van der Waals surface area contributed by atoms with Gasteiger partial charge in [-0.05, 0) is 24.3 Å². The van der Waals surface area contributed by atoms with E-state index in [4.69, 9.17) is 0 Å². The minimum Gasteiger partial charge on any atom is -1.00 e. The predicted octanol–water partition coefficient (Wildman–Crippen LogP) is 0.436. The number of nitrogens with zero attached hydrogens (tertiary/aromatic N) is 2. The average Bonchev–Trinajstić information content (AvgIpc) is 2.82. The Bertz CT molecular complexity index is 1030. The second-order valence-corrected chi connectivity index (χ2v) is 5.37. The number of hydrogen-bond donors (Lipinski definition) is 0. The van der Waals surface area contributed by atoms with Gasteiger partial charge in [0, 0.05) is 18.4 Å². The molecular weight excluding hydrogens is 296 g/mol. The number of pyridine rings is 1. The number of carbonyl (C=O) groups is 1. The lowest BCUT2D eigenvalue weighted by Crippen LogP contribution is -3.00. The first kappa shape index (κ1) is 14.5. The number of hydrogen-bond acceptors (Lipinski definition) is 1. The van der Waals surface area contributed by atoms with Crippen LogP contribution in [-0.2, 0) is 7.05 Å². The zero-order chi connectivity index (χ0) is 14.6. The van der Waals surface area contributed by atoms with E-state index in [0.717, 1.165) is 32.8 Å². The topological polar surface area (TPSA) is 25.9 Å². The molecule has 0 spiro atoms. The number of aromatic nitrogens is 2. The smallest absolute Gasteiger partial charge is 0.239 e. The van der Waals surface area contributed by atoms with Crippen LogP contribution in [0.5, 0.6) is 0 Å². The van der Waals surface area contributed by atoms with Crippen molar-refractivity contribution >= 4 is 38.7 Å². The minimum absolute atomic E-state index is 0. The van der Waals surface area contributed by atoms with Crippen LogP contribution in [0.1, 0.15) is 11.7 Å². The molecule has 3 nitrogen and oxygen atoms in total. The van der Waals surface area contributed by atoms with E-state index in [0.29, 0.717) is 0 Å². The molecule has 0 saturated heterocycles. The van der Waals surface area contributed by atoms with E-state index < -0.39 is 0 Å². The number of benzene rings is 2. The van der Waals surface area contributed by atoms with Gasteiger partial charge in [-0.25, -0.2) is 0 Å². The van der Waals surface area contributed by atoms with Crippen LogP contribution in [-0.4, -0.2) is 10.5 Å². The third kappa shape index (κ3) is 1.82. The van der Waals surface area contributed by atoms with Gasteiger partial charge >= 0.3 is 0 Å². The van der Waals surface area contributed by atoms with E-state index in [1.807, 2.05) is 30.3 Å². The van der Waals surface area contributed by atoms with E-state index in [1.165, 1.54) is 0 Å². The summed E-state index contributed by atoms with van der Waals surface area (Å²) in [5, 5.41) is 2.24. The molecule has 2 aromatic heterocycles. The Hall–Kier alpha value is -2.39. The van der Waals surface area contributed by atoms with E-state index in [1.54, 1.807) is 11.5 Å². The highest BCUT2D eigenvalue weighted by atomic mass is 35.5. The van der Waals surface area contributed by atoms with Crippen molar-refractivity contribution in [2.24, 2.45) is 7.05 Å². The van der Waals surface area contributed by atoms with Crippen molar-refractivity contribution < 1.29 is 21.8 Å². The Labute approximate surface area is 134 Å². The second-order valence-electron chi connectivity index (χ2n) is 5.37. The Kier molecular flexibility index (Phi) is 3.38. The number of para-hydroxylation sites is 2. The molecule has 0 radical (unpaired) electrons. The van der Waals surface area contributed by atoms with E-state index in [9.17, 15) is 4.79 Å². The maximum absolute atomic E-state index is 12.1. The molecule has 110 valence electrons. The molecule has 4 rings (SSSR count). The second kappa shape index (κ2) is 5.11. The van der Waals surface area contributed by atoms with Crippen molar-refractivity contribution in [1.82, 2.24) is 4.57 Å². The summed E-state index contributed by atoms with van der Waals surface area (Å²) in [6.07, 6.45) is 0. The standard InChI is InChI=1S/C18H15N2O.ClH/c1-12(21)20-16-10-6-4-8-14(16)18-17(20)11-13-7-3-5-9-15(13)19(18)2;/h3-11H,1-2H3;1H/q+1;/p-1. The maximum atomic E-state index is 12.1. The molecule has 0 amide bonds. The minimum atomic E-state index is 0. The molecule has 2 heterocycles. The third-order valence-corrected chi connectivity index (χ3v) is 4.12. The van der Waals surface area contributed by atoms with Crippen LogP contribution in [0, 0.1) is 0 Å². The lowest BCUT2D eigenvalue weighted by Gasteiger charge is -2.02. The van der Waals surface area contributed by atoms with Gasteiger partial charge in [-0.1, -0.05) is 24.3 Å². The van der Waals surface area contributed by atoms with Crippen LogP contribution in [0.15, 0.2) is 54.6 Å². The highest BCUT2D eigenvalue weighted by Gasteiger charge is 2.21. The lowest BCUT2D eigenvalue weighted by atomic mass is 10.1. The van der Waals surface area contributed by atoms with Gasteiger partial charge in [0.05, 0.1) is 10.9 Å². The van der Waals surface area contributed by atoms with Gasteiger partial charge in [0.25, 0.3) is 0 Å². The van der Waals surface area contributed by atoms with Gasteiger partial charge in [-0.3, -0.25) is 9.36 Å². The molecule has 0 bridgehead atoms. The molecule has 0 fully saturated rings. The van der Waals surface area contributed by atoms with Crippen molar-refractivity contribution in [1.29, 1.82) is 0 Å². The largest absolute Gasteiger partial charge is 1.00 e. The van der Waals surface area contributed by atoms with Gasteiger partial charge in [0.2, 0.25) is 16.9 Å². The van der Waals surface area contributed by atoms with Gasteiger partial charge in [-0.2, -0.15) is 4.57 Å². The monoisotopic (exact) mass is 310 g/mol. The predicted molar refractivity (Wildman–Crippen MR) is 84.4 cm³/mol. The van der Waals surface area contributed by atoms with Crippen molar-refractivity contribution in [3.8, 4) is 0 Å². The molecule has 0 unspecified atom stereocenters. The van der Waals surface area contributed by atoms with Gasteiger partial charge < -0.3 is 12.4 Å². The number of carbonyl (C=O) groups excluding carboxylic acids is 1. The number of rotatable bonds is 0. The summed E-state index contributed by atoms with van der Waals surface area (Å²) in [5.74, 6) is 0.0384. The van der Waals surface area contributed by atoms with E-state index >= 15 is 0 Å². The van der Waals surface area contributed by atoms with Crippen LogP contribution in [0.4, 0.5) is 0 Å². The summed E-state index contributed by atoms with van der Waals surface area (Å²) in [4.78, 5) is 12.1. The fraction of sp³-hybridized carbons (Fsp3) is 0.111. The van der Waals surface area contributed by atoms with Crippen molar-refractivity contribution in [3.05, 3.63) is 54.6 Å². The number of halogens is 1. The van der Waals surface area contributed by atoms with Gasteiger partial charge in [0.15, 0.2) is 0 Å². The molecule has 4 heteroatoms. The van der Waals surface area contributed by atoms with Crippen LogP contribution >= 0.6 is 0 Å². The van der Waals surface area contributed by atoms with Crippen LogP contribution < -0.4 is 17.0 Å². The summed E-state index contributed by atoms with van der Waals surface area (Å²) < 4.78 is 3.98. The summed E-state index contributed by atoms with van der Waals surface area (Å²) in [6.45, 7) is 1.61. The number of aryl methyl sites for hydroxylation is 1. The first-order valence-electron chi connectivity index (χ1n) is 7.00. The molecule has 0 aliphatic rings. The Morgan fingerprint density at radius 1 is 1.00 bits per heavy atom. The lowest BCUT2D eigenvalue weighted by molar-refractivity contribution is -0.616. The summed E-state index contributed by atoms with van der Waals surface area (Å²) in [6, 6.07) is 18.4. The molecule has 0 atom stereocenters. The van der Waals surface area contributed by atoms with Gasteiger partial charge in [-0.15, -0.1) is 0 Å².